The summed E-state index contributed by atoms with van der Waals surface area (Å²) in [5.41, 5.74) is 9.36. The number of benzene rings is 1. The lowest BCUT2D eigenvalue weighted by Crippen LogP contribution is -1.89. The van der Waals surface area contributed by atoms with Gasteiger partial charge in [0, 0.05) is 0 Å². The first-order chi connectivity index (χ1) is 6.57. The van der Waals surface area contributed by atoms with Gasteiger partial charge in [0.05, 0.1) is 0 Å². The highest BCUT2D eigenvalue weighted by Crippen LogP contribution is 2.28. The second-order valence-corrected chi connectivity index (χ2v) is 3.20. The van der Waals surface area contributed by atoms with Gasteiger partial charge in [-0.15, -0.1) is 4.91 Å². The summed E-state index contributed by atoms with van der Waals surface area (Å²) >= 11 is 0. The van der Waals surface area contributed by atoms with Crippen LogP contribution < -0.4 is 0 Å². The molecular weight excluding hydrogens is 180 g/mol. The number of rotatable bonds is 1. The standard InChI is InChI=1S/C10H13NO.HNO/c1-6-5-7(2)9(4)10(11-12)8(6)3;1-2/h5H,1-4H3;1H. The van der Waals surface area contributed by atoms with Gasteiger partial charge < -0.3 is 0 Å². The maximum Gasteiger partial charge on any atom is 0.114 e. The summed E-state index contributed by atoms with van der Waals surface area (Å²) in [6.45, 7) is 7.85. The lowest BCUT2D eigenvalue weighted by molar-refractivity contribution is 1.22. The van der Waals surface area contributed by atoms with Crippen LogP contribution in [-0.4, -0.2) is 0 Å². The normalized spacial score (nSPS) is 8.86. The number of aryl methyl sites for hydroxylation is 2. The van der Waals surface area contributed by atoms with E-state index in [2.05, 4.69) is 16.8 Å². The zero-order chi connectivity index (χ0) is 11.3. The Hall–Kier alpha value is -1.58. The summed E-state index contributed by atoms with van der Waals surface area (Å²) in [5.74, 6) is 0. The second-order valence-electron chi connectivity index (χ2n) is 3.20. The van der Waals surface area contributed by atoms with Crippen molar-refractivity contribution in [3.63, 3.8) is 0 Å². The first-order valence-electron chi connectivity index (χ1n) is 4.19. The Morgan fingerprint density at radius 2 is 1.36 bits per heavy atom. The van der Waals surface area contributed by atoms with Gasteiger partial charge in [0.1, 0.15) is 5.69 Å². The Kier molecular flexibility index (Phi) is 4.63. The maximum atomic E-state index is 10.5. The molecule has 0 aliphatic rings. The van der Waals surface area contributed by atoms with Gasteiger partial charge in [0.15, 0.2) is 0 Å². The van der Waals surface area contributed by atoms with Gasteiger partial charge in [-0.3, -0.25) is 0 Å². The minimum absolute atomic E-state index is 0.604. The zero-order valence-electron chi connectivity index (χ0n) is 8.84. The first kappa shape index (κ1) is 12.4. The van der Waals surface area contributed by atoms with Crippen LogP contribution in [0.1, 0.15) is 22.3 Å². The van der Waals surface area contributed by atoms with Crippen molar-refractivity contribution in [3.8, 4) is 0 Å². The fraction of sp³-hybridized carbons (Fsp3) is 0.400. The summed E-state index contributed by atoms with van der Waals surface area (Å²) < 4.78 is 0. The fourth-order valence-electron chi connectivity index (χ4n) is 1.33. The molecule has 4 heteroatoms. The fourth-order valence-corrected chi connectivity index (χ4v) is 1.33. The molecule has 0 radical (unpaired) electrons. The van der Waals surface area contributed by atoms with E-state index in [0.717, 1.165) is 22.3 Å². The van der Waals surface area contributed by atoms with E-state index in [1.165, 1.54) is 0 Å². The molecule has 0 saturated heterocycles. The molecule has 0 unspecified atom stereocenters. The van der Waals surface area contributed by atoms with Crippen LogP contribution in [-0.2, 0) is 0 Å². The predicted molar refractivity (Wildman–Crippen MR) is 56.9 cm³/mol. The molecule has 1 rings (SSSR count). The summed E-state index contributed by atoms with van der Waals surface area (Å²) in [6, 6.07) is 2.08. The Labute approximate surface area is 83.1 Å². The van der Waals surface area contributed by atoms with E-state index >= 15 is 0 Å². The van der Waals surface area contributed by atoms with E-state index < -0.39 is 0 Å². The van der Waals surface area contributed by atoms with Crippen molar-refractivity contribution in [1.82, 2.24) is 0 Å². The van der Waals surface area contributed by atoms with Crippen molar-refractivity contribution in [2.24, 2.45) is 5.18 Å². The minimum Gasteiger partial charge on any atom is -0.154 e. The SMILES string of the molecule is Cc1cc(C)c(C)c(N=O)c1C.N=O. The highest BCUT2D eigenvalue weighted by molar-refractivity contribution is 5.57. The number of nitroso groups, excluding NO2 is 2. The lowest BCUT2D eigenvalue weighted by atomic mass is 9.99. The number of hydrogen-bond acceptors (Lipinski definition) is 4. The monoisotopic (exact) mass is 194 g/mol. The Bertz CT molecular complexity index is 322. The van der Waals surface area contributed by atoms with Crippen molar-refractivity contribution in [2.45, 2.75) is 27.7 Å². The van der Waals surface area contributed by atoms with Crippen LogP contribution in [0.2, 0.25) is 0 Å². The molecule has 76 valence electrons. The molecule has 0 aromatic heterocycles. The molecule has 0 aliphatic carbocycles. The van der Waals surface area contributed by atoms with Crippen molar-refractivity contribution in [2.75, 3.05) is 0 Å². The molecule has 1 aromatic carbocycles. The Morgan fingerprint density at radius 3 is 1.64 bits per heavy atom. The van der Waals surface area contributed by atoms with Crippen molar-refractivity contribution >= 4 is 5.69 Å². The summed E-state index contributed by atoms with van der Waals surface area (Å²) in [6.07, 6.45) is 0. The third-order valence-electron chi connectivity index (χ3n) is 2.42. The van der Waals surface area contributed by atoms with Crippen LogP contribution in [0.15, 0.2) is 11.2 Å². The van der Waals surface area contributed by atoms with Gasteiger partial charge in [-0.2, -0.15) is 4.91 Å². The summed E-state index contributed by atoms with van der Waals surface area (Å²) in [4.78, 5) is 18.0. The largest absolute Gasteiger partial charge is 0.154 e. The minimum atomic E-state index is 0.604. The van der Waals surface area contributed by atoms with Gasteiger partial charge in [-0.25, -0.2) is 0 Å². The second kappa shape index (κ2) is 5.21. The molecule has 0 fully saturated rings. The van der Waals surface area contributed by atoms with Crippen LogP contribution in [0.3, 0.4) is 0 Å². The quantitative estimate of drug-likeness (QED) is 0.693. The average molecular weight is 194 g/mol. The van der Waals surface area contributed by atoms with E-state index in [-0.39, 0.29) is 0 Å². The van der Waals surface area contributed by atoms with E-state index in [1.54, 1.807) is 0 Å². The molecule has 0 atom stereocenters. The van der Waals surface area contributed by atoms with Gasteiger partial charge in [0.2, 0.25) is 0 Å². The maximum absolute atomic E-state index is 10.5. The number of nitrogens with zero attached hydrogens (tertiary/aromatic N) is 1. The molecule has 0 amide bonds. The topological polar surface area (TPSA) is 70.3 Å². The van der Waals surface area contributed by atoms with E-state index in [4.69, 9.17) is 4.91 Å². The van der Waals surface area contributed by atoms with Crippen LogP contribution in [0.25, 0.3) is 0 Å². The van der Waals surface area contributed by atoms with Crippen LogP contribution in [0.4, 0.5) is 5.69 Å². The molecule has 1 aromatic rings. The van der Waals surface area contributed by atoms with E-state index in [0.29, 0.717) is 5.69 Å². The van der Waals surface area contributed by atoms with E-state index in [1.807, 2.05) is 27.7 Å². The zero-order valence-corrected chi connectivity index (χ0v) is 8.84. The van der Waals surface area contributed by atoms with E-state index in [9.17, 15) is 4.91 Å². The molecule has 0 bridgehead atoms. The Morgan fingerprint density at radius 1 is 1.00 bits per heavy atom. The van der Waals surface area contributed by atoms with Gasteiger partial charge >= 0.3 is 0 Å². The molecule has 1 N–H and O–H groups in total. The number of hydrogen-bond donors (Lipinski definition) is 1. The van der Waals surface area contributed by atoms with Crippen molar-refractivity contribution in [3.05, 3.63) is 38.1 Å². The third-order valence-corrected chi connectivity index (χ3v) is 2.42. The van der Waals surface area contributed by atoms with Gasteiger partial charge in [-0.05, 0) is 55.1 Å². The molecule has 14 heavy (non-hydrogen) atoms. The van der Waals surface area contributed by atoms with Gasteiger partial charge in [-0.1, -0.05) is 11.7 Å². The van der Waals surface area contributed by atoms with Crippen molar-refractivity contribution < 1.29 is 0 Å². The predicted octanol–water partition coefficient (Wildman–Crippen LogP) is 3.65. The van der Waals surface area contributed by atoms with Crippen molar-refractivity contribution in [1.29, 1.82) is 5.59 Å². The molecule has 0 spiro atoms. The molecule has 0 saturated carbocycles. The molecular formula is C10H14N2O2. The average Bonchev–Trinajstić information content (AvgIpc) is 2.19. The molecule has 0 aliphatic heterocycles. The van der Waals surface area contributed by atoms with Crippen LogP contribution in [0, 0.1) is 43.1 Å². The highest BCUT2D eigenvalue weighted by atomic mass is 16.3. The third kappa shape index (κ3) is 2.22. The van der Waals surface area contributed by atoms with Crippen LogP contribution >= 0.6 is 0 Å². The number of nitrogens with one attached hydrogen (secondary N) is 1. The smallest absolute Gasteiger partial charge is 0.114 e. The lowest BCUT2D eigenvalue weighted by Gasteiger charge is -2.08. The first-order valence-corrected chi connectivity index (χ1v) is 4.19. The Balaban J connectivity index is 0.000000791. The molecule has 4 nitrogen and oxygen atoms in total. The summed E-state index contributed by atoms with van der Waals surface area (Å²) in [5, 5.41) is 3.04. The molecule has 0 heterocycles. The van der Waals surface area contributed by atoms with Crippen LogP contribution in [0.5, 0.6) is 0 Å². The highest BCUT2D eigenvalue weighted by Gasteiger charge is 2.07. The van der Waals surface area contributed by atoms with Gasteiger partial charge in [0.25, 0.3) is 0 Å². The summed E-state index contributed by atoms with van der Waals surface area (Å²) in [7, 11) is 0.